The average Bonchev–Trinajstić information content (AvgIpc) is 1.87. The highest BCUT2D eigenvalue weighted by atomic mass is 32.1. The third-order valence-electron chi connectivity index (χ3n) is 1.53. The van der Waals surface area contributed by atoms with Crippen molar-refractivity contribution in [2.75, 3.05) is 0 Å². The summed E-state index contributed by atoms with van der Waals surface area (Å²) in [6, 6.07) is 0. The smallest absolute Gasteiger partial charge is 0.243 e. The van der Waals surface area contributed by atoms with Crippen LogP contribution in [-0.4, -0.2) is 11.4 Å². The summed E-state index contributed by atoms with van der Waals surface area (Å²) in [6.07, 6.45) is 2.21. The van der Waals surface area contributed by atoms with E-state index in [4.69, 9.17) is 0 Å². The van der Waals surface area contributed by atoms with Crippen LogP contribution >= 0.6 is 13.5 Å². The van der Waals surface area contributed by atoms with E-state index in [1.54, 1.807) is 0 Å². The lowest BCUT2D eigenvalue weighted by Gasteiger charge is -2.23. The molecule has 0 aromatic carbocycles. The van der Waals surface area contributed by atoms with Crippen LogP contribution in [0, 0.1) is 0 Å². The molecule has 1 amide bonds. The first-order valence-corrected chi connectivity index (χ1v) is 3.46. The second kappa shape index (κ2) is 5.24. The fourth-order valence-electron chi connectivity index (χ4n) is 0.473. The van der Waals surface area contributed by atoms with Crippen molar-refractivity contribution < 1.29 is 4.79 Å². The number of carbonyl (C=O) groups excluding carboxylic acids is 1. The van der Waals surface area contributed by atoms with Crippen molar-refractivity contribution in [3.63, 3.8) is 0 Å². The van der Waals surface area contributed by atoms with Crippen LogP contribution in [0.2, 0.25) is 0 Å². The molecule has 0 fully saturated rings. The monoisotopic (exact) mass is 175 g/mol. The molecular weight excluding hydrogens is 158 g/mol. The third-order valence-corrected chi connectivity index (χ3v) is 1.53. The Morgan fingerprint density at radius 3 is 2.36 bits per heavy atom. The van der Waals surface area contributed by atoms with Gasteiger partial charge < -0.3 is 5.32 Å². The molecule has 0 aliphatic rings. The predicted molar refractivity (Wildman–Crippen MR) is 53.1 cm³/mol. The summed E-state index contributed by atoms with van der Waals surface area (Å²) < 4.78 is 0. The molecule has 0 aromatic rings. The fraction of sp³-hybridized carbons (Fsp3) is 0.625. The van der Waals surface area contributed by atoms with Gasteiger partial charge in [-0.3, -0.25) is 4.79 Å². The Morgan fingerprint density at radius 2 is 2.09 bits per heavy atom. The number of nitrogens with one attached hydrogen (secondary N) is 1. The first-order chi connectivity index (χ1) is 4.52. The molecule has 0 rings (SSSR count). The molecular formula is C8H17NOS. The topological polar surface area (TPSA) is 29.1 Å². The summed E-state index contributed by atoms with van der Waals surface area (Å²) in [5, 5.41) is 2.80. The van der Waals surface area contributed by atoms with Crippen molar-refractivity contribution in [1.29, 1.82) is 0 Å². The lowest BCUT2D eigenvalue weighted by Crippen LogP contribution is -2.41. The number of carbonyl (C=O) groups is 1. The SMILES string of the molecule is C=CC(=O)NC(C)(C)CC.S. The first-order valence-electron chi connectivity index (χ1n) is 3.46. The molecule has 1 N–H and O–H groups in total. The molecule has 0 aliphatic heterocycles. The number of amides is 1. The molecule has 0 aromatic heterocycles. The van der Waals surface area contributed by atoms with Gasteiger partial charge in [0.2, 0.25) is 5.91 Å². The molecule has 66 valence electrons. The minimum absolute atomic E-state index is 0. The van der Waals surface area contributed by atoms with Gasteiger partial charge >= 0.3 is 0 Å². The second-order valence-corrected chi connectivity index (χ2v) is 2.93. The van der Waals surface area contributed by atoms with Gasteiger partial charge in [-0.05, 0) is 26.3 Å². The van der Waals surface area contributed by atoms with Gasteiger partial charge in [-0.2, -0.15) is 13.5 Å². The van der Waals surface area contributed by atoms with E-state index in [2.05, 4.69) is 11.9 Å². The van der Waals surface area contributed by atoms with Crippen molar-refractivity contribution in [3.05, 3.63) is 12.7 Å². The number of rotatable bonds is 3. The van der Waals surface area contributed by atoms with Gasteiger partial charge in [0.25, 0.3) is 0 Å². The number of hydrogen-bond acceptors (Lipinski definition) is 1. The standard InChI is InChI=1S/C8H15NO.H2S/c1-5-7(10)9-8(3,4)6-2;/h5H,1,6H2,2-4H3,(H,9,10);1H2. The first kappa shape index (κ1) is 13.2. The van der Waals surface area contributed by atoms with Crippen LogP contribution in [0.25, 0.3) is 0 Å². The summed E-state index contributed by atoms with van der Waals surface area (Å²) in [7, 11) is 0. The molecule has 3 heteroatoms. The maximum absolute atomic E-state index is 10.8. The molecule has 0 saturated heterocycles. The van der Waals surface area contributed by atoms with E-state index in [1.165, 1.54) is 6.08 Å². The van der Waals surface area contributed by atoms with Crippen LogP contribution in [0.3, 0.4) is 0 Å². The van der Waals surface area contributed by atoms with Crippen molar-refractivity contribution in [2.24, 2.45) is 0 Å². The minimum atomic E-state index is -0.106. The number of hydrogen-bond donors (Lipinski definition) is 1. The predicted octanol–water partition coefficient (Wildman–Crippen LogP) is 1.59. The normalized spacial score (nSPS) is 9.73. The third kappa shape index (κ3) is 5.98. The van der Waals surface area contributed by atoms with Gasteiger partial charge in [0.1, 0.15) is 0 Å². The molecule has 0 saturated carbocycles. The van der Waals surface area contributed by atoms with Crippen LogP contribution in [-0.2, 0) is 4.79 Å². The van der Waals surface area contributed by atoms with E-state index in [1.807, 2.05) is 20.8 Å². The molecule has 0 spiro atoms. The minimum Gasteiger partial charge on any atom is -0.348 e. The summed E-state index contributed by atoms with van der Waals surface area (Å²) in [5.41, 5.74) is -0.106. The van der Waals surface area contributed by atoms with Crippen molar-refractivity contribution >= 4 is 19.4 Å². The van der Waals surface area contributed by atoms with Crippen LogP contribution in [0.4, 0.5) is 0 Å². The Morgan fingerprint density at radius 1 is 1.64 bits per heavy atom. The van der Waals surface area contributed by atoms with Gasteiger partial charge in [-0.1, -0.05) is 13.5 Å². The van der Waals surface area contributed by atoms with E-state index >= 15 is 0 Å². The van der Waals surface area contributed by atoms with Gasteiger partial charge in [0, 0.05) is 5.54 Å². The lowest BCUT2D eigenvalue weighted by molar-refractivity contribution is -0.118. The van der Waals surface area contributed by atoms with Gasteiger partial charge in [0.15, 0.2) is 0 Å². The zero-order valence-electron chi connectivity index (χ0n) is 7.40. The molecule has 11 heavy (non-hydrogen) atoms. The molecule has 0 atom stereocenters. The van der Waals surface area contributed by atoms with Gasteiger partial charge in [-0.25, -0.2) is 0 Å². The second-order valence-electron chi connectivity index (χ2n) is 2.93. The molecule has 0 aliphatic carbocycles. The van der Waals surface area contributed by atoms with Crippen LogP contribution < -0.4 is 5.32 Å². The highest BCUT2D eigenvalue weighted by Crippen LogP contribution is 2.05. The van der Waals surface area contributed by atoms with E-state index in [9.17, 15) is 4.79 Å². The van der Waals surface area contributed by atoms with Crippen molar-refractivity contribution in [3.8, 4) is 0 Å². The zero-order chi connectivity index (χ0) is 8.20. The molecule has 0 unspecified atom stereocenters. The van der Waals surface area contributed by atoms with Crippen molar-refractivity contribution in [2.45, 2.75) is 32.7 Å². The quantitative estimate of drug-likeness (QED) is 0.648. The van der Waals surface area contributed by atoms with E-state index in [0.29, 0.717) is 0 Å². The van der Waals surface area contributed by atoms with E-state index in [0.717, 1.165) is 6.42 Å². The van der Waals surface area contributed by atoms with E-state index < -0.39 is 0 Å². The zero-order valence-corrected chi connectivity index (χ0v) is 8.40. The van der Waals surface area contributed by atoms with Crippen LogP contribution in [0.5, 0.6) is 0 Å². The summed E-state index contributed by atoms with van der Waals surface area (Å²) in [4.78, 5) is 10.8. The molecule has 0 heterocycles. The van der Waals surface area contributed by atoms with Crippen molar-refractivity contribution in [1.82, 2.24) is 5.32 Å². The molecule has 0 bridgehead atoms. The maximum Gasteiger partial charge on any atom is 0.243 e. The summed E-state index contributed by atoms with van der Waals surface area (Å²) in [5.74, 6) is -0.105. The Kier molecular flexibility index (Phi) is 6.28. The Bertz CT molecular complexity index is 143. The highest BCUT2D eigenvalue weighted by Gasteiger charge is 2.15. The Labute approximate surface area is 75.5 Å². The lowest BCUT2D eigenvalue weighted by atomic mass is 10.0. The average molecular weight is 175 g/mol. The Hall–Kier alpha value is -0.440. The van der Waals surface area contributed by atoms with Crippen LogP contribution in [0.15, 0.2) is 12.7 Å². The molecule has 0 radical (unpaired) electrons. The summed E-state index contributed by atoms with van der Waals surface area (Å²) in [6.45, 7) is 9.36. The maximum atomic E-state index is 10.8. The molecule has 2 nitrogen and oxygen atoms in total. The Balaban J connectivity index is 0. The highest BCUT2D eigenvalue weighted by molar-refractivity contribution is 7.59. The largest absolute Gasteiger partial charge is 0.348 e. The van der Waals surface area contributed by atoms with Crippen LogP contribution in [0.1, 0.15) is 27.2 Å². The fourth-order valence-corrected chi connectivity index (χ4v) is 0.473. The van der Waals surface area contributed by atoms with E-state index in [-0.39, 0.29) is 24.9 Å². The summed E-state index contributed by atoms with van der Waals surface area (Å²) >= 11 is 0. The van der Waals surface area contributed by atoms with Gasteiger partial charge in [-0.15, -0.1) is 0 Å². The van der Waals surface area contributed by atoms with Gasteiger partial charge in [0.05, 0.1) is 0 Å².